The number of carboxylic acids is 1. The maximum absolute atomic E-state index is 10.8. The van der Waals surface area contributed by atoms with Gasteiger partial charge in [0.25, 0.3) is 0 Å². The smallest absolute Gasteiger partial charge is 0.332 e. The van der Waals surface area contributed by atoms with Crippen molar-refractivity contribution in [2.75, 3.05) is 0 Å². The van der Waals surface area contributed by atoms with Crippen molar-refractivity contribution in [1.29, 1.82) is 0 Å². The zero-order valence-corrected chi connectivity index (χ0v) is 8.25. The molecule has 0 amide bonds. The van der Waals surface area contributed by atoms with Crippen molar-refractivity contribution in [3.63, 3.8) is 0 Å². The lowest BCUT2D eigenvalue weighted by Crippen LogP contribution is -2.27. The molecule has 0 saturated heterocycles. The van der Waals surface area contributed by atoms with Crippen molar-refractivity contribution >= 4 is 11.9 Å². The van der Waals surface area contributed by atoms with Gasteiger partial charge in [-0.3, -0.25) is 0 Å². The van der Waals surface area contributed by atoms with Gasteiger partial charge in [0.2, 0.25) is 5.90 Å². The van der Waals surface area contributed by atoms with Crippen LogP contribution in [-0.2, 0) is 9.53 Å². The number of hydrogen-bond donors (Lipinski definition) is 1. The van der Waals surface area contributed by atoms with E-state index in [0.29, 0.717) is 5.90 Å². The second-order valence-electron chi connectivity index (χ2n) is 3.41. The Morgan fingerprint density at radius 3 is 2.60 bits per heavy atom. The van der Waals surface area contributed by atoms with E-state index in [0.717, 1.165) is 5.56 Å². The van der Waals surface area contributed by atoms with Gasteiger partial charge in [-0.15, -0.1) is 0 Å². The monoisotopic (exact) mass is 205 g/mol. The minimum absolute atomic E-state index is 0.405. The molecule has 1 heterocycles. The molecule has 4 nitrogen and oxygen atoms in total. The highest BCUT2D eigenvalue weighted by Gasteiger charge is 2.33. The average molecular weight is 205 g/mol. The highest BCUT2D eigenvalue weighted by molar-refractivity contribution is 5.97. The molecule has 1 N–H and O–H groups in total. The Kier molecular flexibility index (Phi) is 2.41. The first kappa shape index (κ1) is 9.71. The molecule has 2 atom stereocenters. The Hall–Kier alpha value is -1.84. The van der Waals surface area contributed by atoms with Crippen LogP contribution in [0, 0.1) is 0 Å². The van der Waals surface area contributed by atoms with Crippen LogP contribution in [0.4, 0.5) is 0 Å². The highest BCUT2D eigenvalue weighted by atomic mass is 16.5. The first-order valence-electron chi connectivity index (χ1n) is 4.71. The van der Waals surface area contributed by atoms with Gasteiger partial charge < -0.3 is 9.84 Å². The van der Waals surface area contributed by atoms with Crippen LogP contribution >= 0.6 is 0 Å². The molecule has 0 aliphatic carbocycles. The van der Waals surface area contributed by atoms with Crippen LogP contribution in [0.5, 0.6) is 0 Å². The van der Waals surface area contributed by atoms with Gasteiger partial charge in [-0.2, -0.15) is 0 Å². The summed E-state index contributed by atoms with van der Waals surface area (Å²) in [4.78, 5) is 14.8. The quantitative estimate of drug-likeness (QED) is 0.791. The number of aliphatic carboxylic acids is 1. The Labute approximate surface area is 87.2 Å². The van der Waals surface area contributed by atoms with Crippen LogP contribution in [0.3, 0.4) is 0 Å². The van der Waals surface area contributed by atoms with Crippen LogP contribution in [0.2, 0.25) is 0 Å². The van der Waals surface area contributed by atoms with Crippen LogP contribution in [-0.4, -0.2) is 29.1 Å². The van der Waals surface area contributed by atoms with Crippen molar-refractivity contribution < 1.29 is 14.6 Å². The number of benzene rings is 1. The maximum atomic E-state index is 10.8. The number of hydrogen-bond acceptors (Lipinski definition) is 3. The fourth-order valence-electron chi connectivity index (χ4n) is 1.48. The number of nitrogens with zero attached hydrogens (tertiary/aromatic N) is 1. The molecule has 78 valence electrons. The Bertz CT molecular complexity index is 400. The number of rotatable bonds is 2. The third-order valence-corrected chi connectivity index (χ3v) is 2.27. The summed E-state index contributed by atoms with van der Waals surface area (Å²) in [5, 5.41) is 8.86. The predicted octanol–water partition coefficient (Wildman–Crippen LogP) is 1.31. The summed E-state index contributed by atoms with van der Waals surface area (Å²) < 4.78 is 5.39. The molecule has 4 heteroatoms. The van der Waals surface area contributed by atoms with Crippen LogP contribution in [0.15, 0.2) is 35.3 Å². The van der Waals surface area contributed by atoms with Gasteiger partial charge in [-0.05, 0) is 19.1 Å². The van der Waals surface area contributed by atoms with Crippen LogP contribution in [0.1, 0.15) is 12.5 Å². The summed E-state index contributed by atoms with van der Waals surface area (Å²) in [6, 6.07) is 8.50. The summed E-state index contributed by atoms with van der Waals surface area (Å²) in [5.41, 5.74) is 0.813. The van der Waals surface area contributed by atoms with Gasteiger partial charge in [-0.25, -0.2) is 9.79 Å². The van der Waals surface area contributed by atoms with E-state index in [1.165, 1.54) is 0 Å². The van der Waals surface area contributed by atoms with Crippen molar-refractivity contribution in [1.82, 2.24) is 0 Å². The minimum Gasteiger partial charge on any atom is -0.480 e. The molecular formula is C11H11NO3. The topological polar surface area (TPSA) is 58.9 Å². The molecule has 1 aromatic rings. The van der Waals surface area contributed by atoms with Crippen LogP contribution < -0.4 is 0 Å². The molecule has 1 aliphatic heterocycles. The zero-order valence-electron chi connectivity index (χ0n) is 8.25. The number of carboxylic acid groups (broad SMARTS) is 1. The molecule has 0 fully saturated rings. The Morgan fingerprint density at radius 2 is 2.07 bits per heavy atom. The van der Waals surface area contributed by atoms with E-state index >= 15 is 0 Å². The lowest BCUT2D eigenvalue weighted by molar-refractivity contribution is -0.139. The van der Waals surface area contributed by atoms with Gasteiger partial charge >= 0.3 is 5.97 Å². The molecular weight excluding hydrogens is 194 g/mol. The van der Waals surface area contributed by atoms with E-state index in [9.17, 15) is 4.79 Å². The van der Waals surface area contributed by atoms with E-state index in [1.807, 2.05) is 30.3 Å². The third-order valence-electron chi connectivity index (χ3n) is 2.27. The largest absolute Gasteiger partial charge is 0.480 e. The molecule has 15 heavy (non-hydrogen) atoms. The molecule has 1 aromatic carbocycles. The summed E-state index contributed by atoms with van der Waals surface area (Å²) >= 11 is 0. The van der Waals surface area contributed by atoms with Crippen molar-refractivity contribution in [2.24, 2.45) is 4.99 Å². The van der Waals surface area contributed by atoms with Crippen LogP contribution in [0.25, 0.3) is 0 Å². The normalized spacial score (nSPS) is 24.5. The summed E-state index contributed by atoms with van der Waals surface area (Å²) in [6.45, 7) is 1.71. The minimum atomic E-state index is -0.951. The van der Waals surface area contributed by atoms with Crippen molar-refractivity contribution in [2.45, 2.75) is 19.1 Å². The van der Waals surface area contributed by atoms with E-state index < -0.39 is 18.1 Å². The van der Waals surface area contributed by atoms with Gasteiger partial charge in [0, 0.05) is 5.56 Å². The molecule has 0 spiro atoms. The lowest BCUT2D eigenvalue weighted by Gasteiger charge is -2.07. The van der Waals surface area contributed by atoms with E-state index in [2.05, 4.69) is 4.99 Å². The first-order chi connectivity index (χ1) is 7.18. The summed E-state index contributed by atoms with van der Waals surface area (Å²) in [7, 11) is 0. The molecule has 1 aliphatic rings. The number of ether oxygens (including phenoxy) is 1. The van der Waals surface area contributed by atoms with E-state index in [1.54, 1.807) is 6.92 Å². The van der Waals surface area contributed by atoms with Crippen molar-refractivity contribution in [3.8, 4) is 0 Å². The van der Waals surface area contributed by atoms with Crippen molar-refractivity contribution in [3.05, 3.63) is 35.9 Å². The zero-order chi connectivity index (χ0) is 10.8. The molecule has 0 radical (unpaired) electrons. The Morgan fingerprint density at radius 1 is 1.40 bits per heavy atom. The fourth-order valence-corrected chi connectivity index (χ4v) is 1.48. The van der Waals surface area contributed by atoms with Gasteiger partial charge in [0.05, 0.1) is 0 Å². The molecule has 0 unspecified atom stereocenters. The highest BCUT2D eigenvalue weighted by Crippen LogP contribution is 2.17. The number of carbonyl (C=O) groups is 1. The second-order valence-corrected chi connectivity index (χ2v) is 3.41. The second kappa shape index (κ2) is 3.73. The molecule has 0 saturated carbocycles. The number of aliphatic imine (C=N–C) groups is 1. The summed E-state index contributed by atoms with van der Waals surface area (Å²) in [6.07, 6.45) is -0.405. The molecule has 0 bridgehead atoms. The van der Waals surface area contributed by atoms with E-state index in [4.69, 9.17) is 9.84 Å². The predicted molar refractivity (Wildman–Crippen MR) is 54.9 cm³/mol. The third kappa shape index (κ3) is 1.83. The maximum Gasteiger partial charge on any atom is 0.332 e. The fraction of sp³-hybridized carbons (Fsp3) is 0.273. The first-order valence-corrected chi connectivity index (χ1v) is 4.71. The SMILES string of the molecule is C[C@@H]1OC(c2ccccc2)=N[C@@H]1C(=O)O. The van der Waals surface area contributed by atoms with E-state index in [-0.39, 0.29) is 0 Å². The molecule has 2 rings (SSSR count). The average Bonchev–Trinajstić information content (AvgIpc) is 2.62. The van der Waals surface area contributed by atoms with Gasteiger partial charge in [-0.1, -0.05) is 18.2 Å². The van der Waals surface area contributed by atoms with Gasteiger partial charge in [0.1, 0.15) is 6.10 Å². The standard InChI is InChI=1S/C11H11NO3/c1-7-9(11(13)14)12-10(15-7)8-5-3-2-4-6-8/h2-7,9H,1H3,(H,13,14)/t7-,9-/m0/s1. The lowest BCUT2D eigenvalue weighted by atomic mass is 10.2. The summed E-state index contributed by atoms with van der Waals surface area (Å²) in [5.74, 6) is -0.538. The van der Waals surface area contributed by atoms with Gasteiger partial charge in [0.15, 0.2) is 6.04 Å². The molecule has 0 aromatic heterocycles. The Balaban J connectivity index is 2.27.